The highest BCUT2D eigenvalue weighted by Gasteiger charge is 2.12. The van der Waals surface area contributed by atoms with E-state index in [4.69, 9.17) is 0 Å². The summed E-state index contributed by atoms with van der Waals surface area (Å²) in [5.41, 5.74) is 0.0436. The molecule has 104 valence electrons. The second-order valence-corrected chi connectivity index (χ2v) is 4.62. The van der Waals surface area contributed by atoms with E-state index < -0.39 is 5.97 Å². The fourth-order valence-corrected chi connectivity index (χ4v) is 1.59. The summed E-state index contributed by atoms with van der Waals surface area (Å²) in [6.45, 7) is -0.0816. The van der Waals surface area contributed by atoms with Gasteiger partial charge in [0.15, 0.2) is 5.69 Å². The molecule has 2 aromatic rings. The molecule has 0 bridgehead atoms. The molecule has 9 heteroatoms. The van der Waals surface area contributed by atoms with Crippen LogP contribution in [-0.4, -0.2) is 39.0 Å². The van der Waals surface area contributed by atoms with Gasteiger partial charge in [-0.05, 0) is 28.1 Å². The Balaban J connectivity index is 1.96. The number of rotatable bonds is 4. The normalized spacial score (nSPS) is 10.1. The summed E-state index contributed by atoms with van der Waals surface area (Å²) in [7, 11) is 1.24. The highest BCUT2D eigenvalue weighted by atomic mass is 79.9. The standard InChI is InChI=1S/C11H10BrN5O3/c1-20-11(19)8-5-17(16-15-8)6-10(18)14-9-3-2-7(12)4-13-9/h2-5H,6H2,1H3,(H,13,14,18). The van der Waals surface area contributed by atoms with Crippen molar-refractivity contribution in [2.75, 3.05) is 12.4 Å². The summed E-state index contributed by atoms with van der Waals surface area (Å²) >= 11 is 3.25. The van der Waals surface area contributed by atoms with E-state index in [1.165, 1.54) is 18.0 Å². The Morgan fingerprint density at radius 2 is 2.25 bits per heavy atom. The first-order valence-corrected chi connectivity index (χ1v) is 6.27. The number of halogens is 1. The lowest BCUT2D eigenvalue weighted by atomic mass is 10.4. The zero-order valence-electron chi connectivity index (χ0n) is 10.4. The zero-order valence-corrected chi connectivity index (χ0v) is 12.0. The molecule has 0 saturated carbocycles. The van der Waals surface area contributed by atoms with E-state index in [1.54, 1.807) is 18.3 Å². The molecule has 0 spiro atoms. The van der Waals surface area contributed by atoms with Gasteiger partial charge >= 0.3 is 5.97 Å². The molecule has 0 aliphatic carbocycles. The van der Waals surface area contributed by atoms with Crippen molar-refractivity contribution >= 4 is 33.6 Å². The summed E-state index contributed by atoms with van der Waals surface area (Å²) in [5, 5.41) is 9.85. The van der Waals surface area contributed by atoms with E-state index in [0.29, 0.717) is 5.82 Å². The van der Waals surface area contributed by atoms with Crippen LogP contribution in [0.5, 0.6) is 0 Å². The van der Waals surface area contributed by atoms with Crippen molar-refractivity contribution in [3.8, 4) is 0 Å². The molecule has 0 saturated heterocycles. The van der Waals surface area contributed by atoms with Gasteiger partial charge in [0, 0.05) is 10.7 Å². The Morgan fingerprint density at radius 1 is 1.45 bits per heavy atom. The number of amides is 1. The molecular weight excluding hydrogens is 330 g/mol. The van der Waals surface area contributed by atoms with E-state index in [9.17, 15) is 9.59 Å². The molecule has 2 aromatic heterocycles. The smallest absolute Gasteiger partial charge is 0.360 e. The highest BCUT2D eigenvalue weighted by molar-refractivity contribution is 9.10. The van der Waals surface area contributed by atoms with Crippen LogP contribution in [0.25, 0.3) is 0 Å². The van der Waals surface area contributed by atoms with Gasteiger partial charge in [-0.1, -0.05) is 5.21 Å². The topological polar surface area (TPSA) is 99.0 Å². The van der Waals surface area contributed by atoms with E-state index in [2.05, 4.69) is 41.3 Å². The molecule has 20 heavy (non-hydrogen) atoms. The molecule has 2 heterocycles. The number of pyridine rings is 1. The van der Waals surface area contributed by atoms with Crippen LogP contribution in [-0.2, 0) is 16.1 Å². The van der Waals surface area contributed by atoms with Crippen molar-refractivity contribution in [1.29, 1.82) is 0 Å². The summed E-state index contributed by atoms with van der Waals surface area (Å²) in [4.78, 5) is 26.9. The number of carbonyl (C=O) groups excluding carboxylic acids is 2. The number of esters is 1. The van der Waals surface area contributed by atoms with Gasteiger partial charge in [-0.25, -0.2) is 14.5 Å². The quantitative estimate of drug-likeness (QED) is 0.829. The third-order valence-electron chi connectivity index (χ3n) is 2.23. The molecule has 0 aliphatic rings. The summed E-state index contributed by atoms with van der Waals surface area (Å²) in [6, 6.07) is 3.41. The van der Waals surface area contributed by atoms with E-state index in [0.717, 1.165) is 4.47 Å². The predicted molar refractivity (Wildman–Crippen MR) is 71.9 cm³/mol. The van der Waals surface area contributed by atoms with Crippen LogP contribution < -0.4 is 5.32 Å². The molecule has 1 amide bonds. The van der Waals surface area contributed by atoms with Gasteiger partial charge in [0.25, 0.3) is 0 Å². The van der Waals surface area contributed by atoms with Crippen LogP contribution in [0.15, 0.2) is 29.0 Å². The monoisotopic (exact) mass is 339 g/mol. The van der Waals surface area contributed by atoms with Crippen molar-refractivity contribution in [2.45, 2.75) is 6.54 Å². The predicted octanol–water partition coefficient (Wildman–Crippen LogP) is 0.861. The molecule has 0 aliphatic heterocycles. The highest BCUT2D eigenvalue weighted by Crippen LogP contribution is 2.10. The first-order valence-electron chi connectivity index (χ1n) is 5.48. The third-order valence-corrected chi connectivity index (χ3v) is 2.70. The first-order chi connectivity index (χ1) is 9.58. The van der Waals surface area contributed by atoms with E-state index in [-0.39, 0.29) is 18.1 Å². The Labute approximate surface area is 122 Å². The van der Waals surface area contributed by atoms with Gasteiger partial charge in [-0.2, -0.15) is 0 Å². The SMILES string of the molecule is COC(=O)c1cn(CC(=O)Nc2ccc(Br)cn2)nn1. The molecule has 0 fully saturated rings. The molecule has 0 aromatic carbocycles. The lowest BCUT2D eigenvalue weighted by Gasteiger charge is -2.03. The van der Waals surface area contributed by atoms with Crippen LogP contribution in [0, 0.1) is 0 Å². The van der Waals surface area contributed by atoms with Crippen molar-refractivity contribution in [1.82, 2.24) is 20.0 Å². The number of anilines is 1. The number of ether oxygens (including phenoxy) is 1. The van der Waals surface area contributed by atoms with Crippen LogP contribution in [0.3, 0.4) is 0 Å². The molecule has 1 N–H and O–H groups in total. The van der Waals surface area contributed by atoms with Crippen molar-refractivity contribution in [3.63, 3.8) is 0 Å². The Kier molecular flexibility index (Phi) is 4.41. The second-order valence-electron chi connectivity index (χ2n) is 3.70. The minimum Gasteiger partial charge on any atom is -0.464 e. The van der Waals surface area contributed by atoms with E-state index in [1.807, 2.05) is 0 Å². The van der Waals surface area contributed by atoms with Crippen LogP contribution in [0.2, 0.25) is 0 Å². The number of carbonyl (C=O) groups is 2. The van der Waals surface area contributed by atoms with Gasteiger partial charge in [0.1, 0.15) is 12.4 Å². The summed E-state index contributed by atoms with van der Waals surface area (Å²) in [6.07, 6.45) is 2.90. The van der Waals surface area contributed by atoms with E-state index >= 15 is 0 Å². The van der Waals surface area contributed by atoms with Gasteiger partial charge in [-0.15, -0.1) is 5.10 Å². The fraction of sp³-hybridized carbons (Fsp3) is 0.182. The molecule has 0 unspecified atom stereocenters. The lowest BCUT2D eigenvalue weighted by Crippen LogP contribution is -2.19. The molecule has 2 rings (SSSR count). The Bertz CT molecular complexity index is 625. The maximum Gasteiger partial charge on any atom is 0.360 e. The number of methoxy groups -OCH3 is 1. The maximum atomic E-state index is 11.7. The van der Waals surface area contributed by atoms with Gasteiger partial charge in [0.05, 0.1) is 13.3 Å². The fourth-order valence-electron chi connectivity index (χ4n) is 1.35. The minimum atomic E-state index is -0.605. The third kappa shape index (κ3) is 3.60. The van der Waals surface area contributed by atoms with Gasteiger partial charge in [0.2, 0.25) is 5.91 Å². The average molecular weight is 340 g/mol. The maximum absolute atomic E-state index is 11.7. The number of hydrogen-bond acceptors (Lipinski definition) is 6. The average Bonchev–Trinajstić information content (AvgIpc) is 2.89. The molecule has 0 atom stereocenters. The molecule has 8 nitrogen and oxygen atoms in total. The summed E-state index contributed by atoms with van der Waals surface area (Å²) < 4.78 is 6.54. The van der Waals surface area contributed by atoms with Gasteiger partial charge in [-0.3, -0.25) is 4.79 Å². The largest absolute Gasteiger partial charge is 0.464 e. The number of hydrogen-bond donors (Lipinski definition) is 1. The van der Waals surface area contributed by atoms with Crippen LogP contribution >= 0.6 is 15.9 Å². The van der Waals surface area contributed by atoms with Crippen molar-refractivity contribution in [3.05, 3.63) is 34.7 Å². The minimum absolute atomic E-state index is 0.0436. The number of nitrogens with one attached hydrogen (secondary N) is 1. The number of aromatic nitrogens is 4. The first kappa shape index (κ1) is 14.1. The van der Waals surface area contributed by atoms with Crippen LogP contribution in [0.4, 0.5) is 5.82 Å². The van der Waals surface area contributed by atoms with Crippen molar-refractivity contribution < 1.29 is 14.3 Å². The number of nitrogens with zero attached hydrogens (tertiary/aromatic N) is 4. The van der Waals surface area contributed by atoms with Crippen molar-refractivity contribution in [2.24, 2.45) is 0 Å². The lowest BCUT2D eigenvalue weighted by molar-refractivity contribution is -0.117. The molecule has 0 radical (unpaired) electrons. The summed E-state index contributed by atoms with van der Waals surface area (Å²) in [5.74, 6) is -0.515. The van der Waals surface area contributed by atoms with Gasteiger partial charge < -0.3 is 10.1 Å². The molecular formula is C11H10BrN5O3. The Hall–Kier alpha value is -2.29. The second kappa shape index (κ2) is 6.24. The van der Waals surface area contributed by atoms with Crippen LogP contribution in [0.1, 0.15) is 10.5 Å². The zero-order chi connectivity index (χ0) is 14.5. The Morgan fingerprint density at radius 3 is 2.90 bits per heavy atom.